The highest BCUT2D eigenvalue weighted by Gasteiger charge is 2.17. The molecule has 1 amide bonds. The summed E-state index contributed by atoms with van der Waals surface area (Å²) < 4.78 is 14.8. The fraction of sp³-hybridized carbons (Fsp3) is 0.0435. The lowest BCUT2D eigenvalue weighted by Crippen LogP contribution is -2.20. The van der Waals surface area contributed by atoms with Gasteiger partial charge in [0.25, 0.3) is 5.91 Å². The average molecular weight is 466 g/mol. The average Bonchev–Trinajstić information content (AvgIpc) is 3.24. The molecule has 0 fully saturated rings. The lowest BCUT2D eigenvalue weighted by molar-refractivity contribution is -0.118. The molecule has 1 aromatic heterocycles. The lowest BCUT2D eigenvalue weighted by atomic mass is 10.2. The van der Waals surface area contributed by atoms with Crippen molar-refractivity contribution < 1.29 is 9.18 Å². The quantitative estimate of drug-likeness (QED) is 0.237. The van der Waals surface area contributed by atoms with Gasteiger partial charge < -0.3 is 0 Å². The molecule has 1 N–H and O–H groups in total. The van der Waals surface area contributed by atoms with Crippen molar-refractivity contribution in [3.05, 3.63) is 95.3 Å². The molecular weight excluding hydrogens is 449 g/mol. The maximum absolute atomic E-state index is 12.9. The van der Waals surface area contributed by atoms with E-state index in [0.717, 1.165) is 11.3 Å². The number of halogens is 2. The van der Waals surface area contributed by atoms with Gasteiger partial charge in [0.15, 0.2) is 11.0 Å². The number of carbonyl (C=O) groups excluding carboxylic acids is 1. The number of rotatable bonds is 7. The van der Waals surface area contributed by atoms with Gasteiger partial charge in [-0.1, -0.05) is 65.8 Å². The number of hydrogen-bond acceptors (Lipinski definition) is 5. The van der Waals surface area contributed by atoms with Crippen LogP contribution in [0.2, 0.25) is 5.02 Å². The number of hydrogen-bond donors (Lipinski definition) is 1. The van der Waals surface area contributed by atoms with Crippen molar-refractivity contribution in [3.63, 3.8) is 0 Å². The monoisotopic (exact) mass is 465 g/mol. The molecule has 4 aromatic rings. The molecule has 6 nitrogen and oxygen atoms in total. The highest BCUT2D eigenvalue weighted by molar-refractivity contribution is 7.99. The van der Waals surface area contributed by atoms with E-state index in [4.69, 9.17) is 11.6 Å². The van der Waals surface area contributed by atoms with E-state index in [1.54, 1.807) is 24.3 Å². The Hall–Kier alpha value is -3.49. The highest BCUT2D eigenvalue weighted by Crippen LogP contribution is 2.28. The van der Waals surface area contributed by atoms with Gasteiger partial charge >= 0.3 is 0 Å². The van der Waals surface area contributed by atoms with Crippen LogP contribution in [0.5, 0.6) is 0 Å². The zero-order valence-corrected chi connectivity index (χ0v) is 18.2. The molecule has 0 atom stereocenters. The summed E-state index contributed by atoms with van der Waals surface area (Å²) in [7, 11) is 0. The van der Waals surface area contributed by atoms with Crippen LogP contribution in [-0.2, 0) is 4.79 Å². The molecule has 1 heterocycles. The number of benzene rings is 3. The molecule has 0 saturated carbocycles. The van der Waals surface area contributed by atoms with E-state index in [1.807, 2.05) is 47.0 Å². The van der Waals surface area contributed by atoms with E-state index >= 15 is 0 Å². The van der Waals surface area contributed by atoms with Crippen molar-refractivity contribution >= 4 is 35.5 Å². The summed E-state index contributed by atoms with van der Waals surface area (Å²) in [6, 6.07) is 22.8. The first-order valence-electron chi connectivity index (χ1n) is 9.57. The van der Waals surface area contributed by atoms with Crippen molar-refractivity contribution in [3.8, 4) is 17.1 Å². The predicted octanol–water partition coefficient (Wildman–Crippen LogP) is 4.97. The van der Waals surface area contributed by atoms with Crippen LogP contribution < -0.4 is 5.43 Å². The number of carbonyl (C=O) groups is 1. The molecule has 0 aliphatic rings. The third-order valence-electron chi connectivity index (χ3n) is 4.36. The molecule has 0 spiro atoms. The van der Waals surface area contributed by atoms with Crippen LogP contribution in [0.1, 0.15) is 5.56 Å². The minimum atomic E-state index is -0.331. The predicted molar refractivity (Wildman–Crippen MR) is 125 cm³/mol. The number of aromatic nitrogens is 3. The van der Waals surface area contributed by atoms with Gasteiger partial charge in [0.05, 0.1) is 12.0 Å². The van der Waals surface area contributed by atoms with Gasteiger partial charge in [-0.15, -0.1) is 10.2 Å². The molecule has 32 heavy (non-hydrogen) atoms. The Morgan fingerprint density at radius 3 is 2.47 bits per heavy atom. The Balaban J connectivity index is 1.49. The van der Waals surface area contributed by atoms with Crippen LogP contribution in [-0.4, -0.2) is 32.6 Å². The van der Waals surface area contributed by atoms with E-state index in [-0.39, 0.29) is 17.5 Å². The second-order valence-corrected chi connectivity index (χ2v) is 8.00. The SMILES string of the molecule is O=C(CSc1nnc(-c2ccccc2)n1-c1ccc(Cl)cc1)N/N=C\c1ccc(F)cc1. The molecule has 0 saturated heterocycles. The van der Waals surface area contributed by atoms with Crippen LogP contribution in [0.3, 0.4) is 0 Å². The number of nitrogens with zero attached hydrogens (tertiary/aromatic N) is 4. The summed E-state index contributed by atoms with van der Waals surface area (Å²) in [5, 5.41) is 13.7. The van der Waals surface area contributed by atoms with Crippen molar-refractivity contribution in [1.82, 2.24) is 20.2 Å². The highest BCUT2D eigenvalue weighted by atomic mass is 35.5. The Morgan fingerprint density at radius 1 is 1.03 bits per heavy atom. The van der Waals surface area contributed by atoms with Crippen molar-refractivity contribution in [1.29, 1.82) is 0 Å². The third kappa shape index (κ3) is 5.40. The molecule has 4 rings (SSSR count). The Labute approximate surface area is 193 Å². The summed E-state index contributed by atoms with van der Waals surface area (Å²) in [6.07, 6.45) is 1.45. The topological polar surface area (TPSA) is 72.2 Å². The minimum absolute atomic E-state index is 0.0846. The fourth-order valence-corrected chi connectivity index (χ4v) is 3.72. The normalized spacial score (nSPS) is 11.1. The number of amides is 1. The Morgan fingerprint density at radius 2 is 1.75 bits per heavy atom. The molecule has 0 radical (unpaired) electrons. The Kier molecular flexibility index (Phi) is 6.94. The second kappa shape index (κ2) is 10.2. The maximum atomic E-state index is 12.9. The van der Waals surface area contributed by atoms with Crippen LogP contribution >= 0.6 is 23.4 Å². The van der Waals surface area contributed by atoms with E-state index in [0.29, 0.717) is 21.6 Å². The molecule has 0 aliphatic carbocycles. The molecule has 0 unspecified atom stereocenters. The van der Waals surface area contributed by atoms with Crippen LogP contribution in [0.4, 0.5) is 4.39 Å². The largest absolute Gasteiger partial charge is 0.272 e. The molecule has 160 valence electrons. The van der Waals surface area contributed by atoms with Gasteiger partial charge in [0.2, 0.25) is 0 Å². The molecule has 0 bridgehead atoms. The zero-order valence-electron chi connectivity index (χ0n) is 16.7. The maximum Gasteiger partial charge on any atom is 0.250 e. The Bertz CT molecular complexity index is 1230. The molecule has 0 aliphatic heterocycles. The van der Waals surface area contributed by atoms with E-state index in [9.17, 15) is 9.18 Å². The van der Waals surface area contributed by atoms with Crippen molar-refractivity contribution in [2.24, 2.45) is 5.10 Å². The van der Waals surface area contributed by atoms with Gasteiger partial charge in [-0.2, -0.15) is 5.10 Å². The number of thioether (sulfide) groups is 1. The summed E-state index contributed by atoms with van der Waals surface area (Å²) in [6.45, 7) is 0. The summed E-state index contributed by atoms with van der Waals surface area (Å²) in [5.41, 5.74) is 4.86. The first kappa shape index (κ1) is 21.7. The van der Waals surface area contributed by atoms with Gasteiger partial charge in [0, 0.05) is 16.3 Å². The van der Waals surface area contributed by atoms with E-state index in [2.05, 4.69) is 20.7 Å². The zero-order chi connectivity index (χ0) is 22.3. The lowest BCUT2D eigenvalue weighted by Gasteiger charge is -2.10. The van der Waals surface area contributed by atoms with Gasteiger partial charge in [0.1, 0.15) is 5.82 Å². The van der Waals surface area contributed by atoms with Crippen LogP contribution in [0.25, 0.3) is 17.1 Å². The van der Waals surface area contributed by atoms with Gasteiger partial charge in [-0.05, 0) is 42.0 Å². The van der Waals surface area contributed by atoms with E-state index in [1.165, 1.54) is 30.1 Å². The van der Waals surface area contributed by atoms with Crippen LogP contribution in [0, 0.1) is 5.82 Å². The van der Waals surface area contributed by atoms with Crippen LogP contribution in [0.15, 0.2) is 89.1 Å². The standard InChI is InChI=1S/C23H17ClFN5OS/c24-18-8-12-20(13-9-18)30-22(17-4-2-1-3-5-17)28-29-23(30)32-15-21(31)27-26-14-16-6-10-19(25)11-7-16/h1-14H,15H2,(H,27,31)/b26-14-. The fourth-order valence-electron chi connectivity index (χ4n) is 2.85. The second-order valence-electron chi connectivity index (χ2n) is 6.62. The summed E-state index contributed by atoms with van der Waals surface area (Å²) in [5.74, 6) is 0.106. The first-order chi connectivity index (χ1) is 15.6. The van der Waals surface area contributed by atoms with Gasteiger partial charge in [-0.3, -0.25) is 9.36 Å². The number of nitrogens with one attached hydrogen (secondary N) is 1. The molecule has 9 heteroatoms. The summed E-state index contributed by atoms with van der Waals surface area (Å²) in [4.78, 5) is 12.2. The number of hydrazone groups is 1. The van der Waals surface area contributed by atoms with Crippen molar-refractivity contribution in [2.45, 2.75) is 5.16 Å². The van der Waals surface area contributed by atoms with Crippen molar-refractivity contribution in [2.75, 3.05) is 5.75 Å². The molecule has 3 aromatic carbocycles. The molecular formula is C23H17ClFN5OS. The smallest absolute Gasteiger partial charge is 0.250 e. The van der Waals surface area contributed by atoms with E-state index < -0.39 is 0 Å². The minimum Gasteiger partial charge on any atom is -0.272 e. The summed E-state index contributed by atoms with van der Waals surface area (Å²) >= 11 is 7.28. The first-order valence-corrected chi connectivity index (χ1v) is 10.9. The third-order valence-corrected chi connectivity index (χ3v) is 5.54. The van der Waals surface area contributed by atoms with Gasteiger partial charge in [-0.25, -0.2) is 9.82 Å².